The van der Waals surface area contributed by atoms with E-state index < -0.39 is 0 Å². The summed E-state index contributed by atoms with van der Waals surface area (Å²) in [5.41, 5.74) is 1.92. The summed E-state index contributed by atoms with van der Waals surface area (Å²) < 4.78 is 5.15. The summed E-state index contributed by atoms with van der Waals surface area (Å²) >= 11 is 5.86. The Balaban J connectivity index is 1.96. The molecule has 0 aliphatic rings. The van der Waals surface area contributed by atoms with Crippen LogP contribution in [0.1, 0.15) is 24.1 Å². The number of amides is 1. The normalized spacial score (nSPS) is 12.1. The highest BCUT2D eigenvalue weighted by Crippen LogP contribution is 2.16. The molecule has 2 aromatic rings. The first kappa shape index (κ1) is 16.1. The highest BCUT2D eigenvalue weighted by molar-refractivity contribution is 6.30. The molecule has 0 saturated carbocycles. The third-order valence-electron chi connectivity index (χ3n) is 3.25. The molecule has 1 N–H and O–H groups in total. The number of halogens is 1. The molecule has 2 aromatic carbocycles. The predicted octanol–water partition coefficient (Wildman–Crippen LogP) is 4.24. The van der Waals surface area contributed by atoms with Crippen LogP contribution in [-0.4, -0.2) is 13.0 Å². The molecule has 0 aliphatic heterocycles. The molecule has 2 rings (SSSR count). The summed E-state index contributed by atoms with van der Waals surface area (Å²) in [5, 5.41) is 3.60. The highest BCUT2D eigenvalue weighted by Gasteiger charge is 2.07. The first-order valence-electron chi connectivity index (χ1n) is 6.96. The summed E-state index contributed by atoms with van der Waals surface area (Å²) in [6, 6.07) is 14.9. The molecule has 0 spiro atoms. The minimum Gasteiger partial charge on any atom is -0.497 e. The van der Waals surface area contributed by atoms with Crippen LogP contribution in [0.2, 0.25) is 5.02 Å². The smallest absolute Gasteiger partial charge is 0.244 e. The van der Waals surface area contributed by atoms with Crippen LogP contribution in [-0.2, 0) is 4.79 Å². The Bertz CT molecular complexity index is 665. The van der Waals surface area contributed by atoms with Crippen molar-refractivity contribution in [3.8, 4) is 5.75 Å². The number of benzene rings is 2. The van der Waals surface area contributed by atoms with Crippen molar-refractivity contribution in [2.45, 2.75) is 13.0 Å². The lowest BCUT2D eigenvalue weighted by molar-refractivity contribution is -0.117. The predicted molar refractivity (Wildman–Crippen MR) is 90.0 cm³/mol. The van der Waals surface area contributed by atoms with Gasteiger partial charge in [-0.2, -0.15) is 0 Å². The third kappa shape index (κ3) is 4.64. The topological polar surface area (TPSA) is 38.3 Å². The first-order valence-corrected chi connectivity index (χ1v) is 7.34. The van der Waals surface area contributed by atoms with Crippen LogP contribution >= 0.6 is 11.6 Å². The quantitative estimate of drug-likeness (QED) is 0.838. The van der Waals surface area contributed by atoms with Gasteiger partial charge in [-0.1, -0.05) is 35.9 Å². The number of rotatable bonds is 5. The van der Waals surface area contributed by atoms with Crippen LogP contribution in [0.5, 0.6) is 5.75 Å². The van der Waals surface area contributed by atoms with Crippen molar-refractivity contribution < 1.29 is 9.53 Å². The van der Waals surface area contributed by atoms with Gasteiger partial charge >= 0.3 is 0 Å². The summed E-state index contributed by atoms with van der Waals surface area (Å²) in [5.74, 6) is 0.613. The van der Waals surface area contributed by atoms with Crippen molar-refractivity contribution in [3.63, 3.8) is 0 Å². The van der Waals surface area contributed by atoms with E-state index in [4.69, 9.17) is 16.3 Å². The molecule has 0 bridgehead atoms. The molecule has 0 aliphatic carbocycles. The number of hydrogen-bond donors (Lipinski definition) is 1. The highest BCUT2D eigenvalue weighted by atomic mass is 35.5. The molecule has 0 unspecified atom stereocenters. The Morgan fingerprint density at radius 2 is 1.95 bits per heavy atom. The van der Waals surface area contributed by atoms with Crippen LogP contribution in [0.4, 0.5) is 0 Å². The molecular weight excluding hydrogens is 298 g/mol. The molecule has 0 radical (unpaired) electrons. The number of carbonyl (C=O) groups is 1. The standard InChI is InChI=1S/C18H18ClNO2/c1-13(15-7-9-16(19)10-8-15)20-18(21)11-6-14-4-3-5-17(12-14)22-2/h3-13H,1-2H3,(H,20,21)/b11-6+/t13-/m0/s1. The number of carbonyl (C=O) groups excluding carboxylic acids is 1. The van der Waals surface area contributed by atoms with E-state index >= 15 is 0 Å². The van der Waals surface area contributed by atoms with Gasteiger partial charge in [0.15, 0.2) is 0 Å². The summed E-state index contributed by atoms with van der Waals surface area (Å²) in [6.07, 6.45) is 3.27. The van der Waals surface area contributed by atoms with E-state index in [-0.39, 0.29) is 11.9 Å². The van der Waals surface area contributed by atoms with Crippen LogP contribution < -0.4 is 10.1 Å². The second kappa shape index (κ2) is 7.66. The Labute approximate surface area is 135 Å². The van der Waals surface area contributed by atoms with Gasteiger partial charge in [0.2, 0.25) is 5.91 Å². The van der Waals surface area contributed by atoms with Gasteiger partial charge in [-0.25, -0.2) is 0 Å². The van der Waals surface area contributed by atoms with E-state index in [1.165, 1.54) is 6.08 Å². The SMILES string of the molecule is COc1cccc(/C=C/C(=O)N[C@@H](C)c2ccc(Cl)cc2)c1. The zero-order valence-corrected chi connectivity index (χ0v) is 13.3. The molecule has 22 heavy (non-hydrogen) atoms. The molecule has 0 heterocycles. The van der Waals surface area contributed by atoms with Crippen LogP contribution in [0.15, 0.2) is 54.6 Å². The zero-order chi connectivity index (χ0) is 15.9. The van der Waals surface area contributed by atoms with Gasteiger partial charge in [0.25, 0.3) is 0 Å². The van der Waals surface area contributed by atoms with Crippen LogP contribution in [0.3, 0.4) is 0 Å². The summed E-state index contributed by atoms with van der Waals surface area (Å²) in [6.45, 7) is 1.93. The van der Waals surface area contributed by atoms with E-state index in [0.717, 1.165) is 16.9 Å². The molecule has 114 valence electrons. The van der Waals surface area contributed by atoms with Gasteiger partial charge < -0.3 is 10.1 Å². The summed E-state index contributed by atoms with van der Waals surface area (Å²) in [7, 11) is 1.61. The van der Waals surface area contributed by atoms with E-state index in [9.17, 15) is 4.79 Å². The summed E-state index contributed by atoms with van der Waals surface area (Å²) in [4.78, 5) is 12.0. The van der Waals surface area contributed by atoms with E-state index in [2.05, 4.69) is 5.32 Å². The van der Waals surface area contributed by atoms with Crippen molar-refractivity contribution >= 4 is 23.6 Å². The van der Waals surface area contributed by atoms with Crippen LogP contribution in [0, 0.1) is 0 Å². The van der Waals surface area contributed by atoms with Crippen molar-refractivity contribution in [2.75, 3.05) is 7.11 Å². The zero-order valence-electron chi connectivity index (χ0n) is 12.5. The van der Waals surface area contributed by atoms with Gasteiger partial charge in [-0.15, -0.1) is 0 Å². The van der Waals surface area contributed by atoms with E-state index in [0.29, 0.717) is 5.02 Å². The lowest BCUT2D eigenvalue weighted by Crippen LogP contribution is -2.24. The average molecular weight is 316 g/mol. The first-order chi connectivity index (χ1) is 10.6. The van der Waals surface area contributed by atoms with Gasteiger partial charge in [-0.05, 0) is 48.4 Å². The lowest BCUT2D eigenvalue weighted by atomic mass is 10.1. The number of hydrogen-bond acceptors (Lipinski definition) is 2. The Morgan fingerprint density at radius 1 is 1.23 bits per heavy atom. The fourth-order valence-electron chi connectivity index (χ4n) is 2.01. The maximum atomic E-state index is 12.0. The van der Waals surface area contributed by atoms with Crippen molar-refractivity contribution in [1.29, 1.82) is 0 Å². The number of methoxy groups -OCH3 is 1. The monoisotopic (exact) mass is 315 g/mol. The molecule has 0 saturated heterocycles. The molecular formula is C18H18ClNO2. The maximum Gasteiger partial charge on any atom is 0.244 e. The molecule has 0 aromatic heterocycles. The van der Waals surface area contributed by atoms with E-state index in [1.54, 1.807) is 13.2 Å². The second-order valence-electron chi connectivity index (χ2n) is 4.89. The molecule has 1 atom stereocenters. The molecule has 3 nitrogen and oxygen atoms in total. The fourth-order valence-corrected chi connectivity index (χ4v) is 2.14. The second-order valence-corrected chi connectivity index (χ2v) is 5.33. The Hall–Kier alpha value is -2.26. The van der Waals surface area contributed by atoms with Crippen molar-refractivity contribution in [2.24, 2.45) is 0 Å². The lowest BCUT2D eigenvalue weighted by Gasteiger charge is -2.12. The maximum absolute atomic E-state index is 12.0. The van der Waals surface area contributed by atoms with Crippen molar-refractivity contribution in [1.82, 2.24) is 5.32 Å². The Morgan fingerprint density at radius 3 is 2.64 bits per heavy atom. The van der Waals surface area contributed by atoms with Gasteiger partial charge in [0, 0.05) is 11.1 Å². The minimum atomic E-state index is -0.148. The van der Waals surface area contributed by atoms with Gasteiger partial charge in [0.05, 0.1) is 13.2 Å². The van der Waals surface area contributed by atoms with Crippen molar-refractivity contribution in [3.05, 3.63) is 70.8 Å². The van der Waals surface area contributed by atoms with Crippen LogP contribution in [0.25, 0.3) is 6.08 Å². The van der Waals surface area contributed by atoms with E-state index in [1.807, 2.05) is 55.5 Å². The van der Waals surface area contributed by atoms with Gasteiger partial charge in [0.1, 0.15) is 5.75 Å². The minimum absolute atomic E-state index is 0.0836. The molecule has 4 heteroatoms. The molecule has 0 fully saturated rings. The fraction of sp³-hybridized carbons (Fsp3) is 0.167. The number of nitrogens with one attached hydrogen (secondary N) is 1. The van der Waals surface area contributed by atoms with Gasteiger partial charge in [-0.3, -0.25) is 4.79 Å². The average Bonchev–Trinajstić information content (AvgIpc) is 2.53. The Kier molecular flexibility index (Phi) is 5.61. The number of ether oxygens (including phenoxy) is 1. The third-order valence-corrected chi connectivity index (χ3v) is 3.50. The molecule has 1 amide bonds. The largest absolute Gasteiger partial charge is 0.497 e.